The van der Waals surface area contributed by atoms with Crippen molar-refractivity contribution < 1.29 is 42.1 Å². The lowest BCUT2D eigenvalue weighted by molar-refractivity contribution is -0.870. The van der Waals surface area contributed by atoms with Crippen molar-refractivity contribution in [3.63, 3.8) is 0 Å². The summed E-state index contributed by atoms with van der Waals surface area (Å²) < 4.78 is 34.3. The fourth-order valence-electron chi connectivity index (χ4n) is 5.85. The summed E-state index contributed by atoms with van der Waals surface area (Å²) in [6, 6.07) is 0. The highest BCUT2D eigenvalue weighted by Crippen LogP contribution is 2.43. The van der Waals surface area contributed by atoms with Crippen LogP contribution in [0, 0.1) is 0 Å². The van der Waals surface area contributed by atoms with Crippen molar-refractivity contribution in [2.45, 2.75) is 193 Å². The average molecular weight is 799 g/mol. The number of hydrogen-bond acceptors (Lipinski definition) is 7. The van der Waals surface area contributed by atoms with E-state index in [-0.39, 0.29) is 32.0 Å². The quantitative estimate of drug-likeness (QED) is 0.0215. The number of rotatable bonds is 40. The molecule has 0 heterocycles. The summed E-state index contributed by atoms with van der Waals surface area (Å²) in [6.45, 7) is 4.36. The van der Waals surface area contributed by atoms with E-state index in [9.17, 15) is 19.0 Å². The van der Waals surface area contributed by atoms with E-state index >= 15 is 0 Å². The molecule has 0 spiro atoms. The van der Waals surface area contributed by atoms with Gasteiger partial charge in [0.25, 0.3) is 0 Å². The first-order valence-electron chi connectivity index (χ1n) is 22.2. The van der Waals surface area contributed by atoms with Gasteiger partial charge in [0.05, 0.1) is 27.7 Å². The lowest BCUT2D eigenvalue weighted by Gasteiger charge is -2.24. The molecule has 2 atom stereocenters. The van der Waals surface area contributed by atoms with Crippen LogP contribution in [0.1, 0.15) is 187 Å². The van der Waals surface area contributed by atoms with Crippen LogP contribution in [0.4, 0.5) is 0 Å². The van der Waals surface area contributed by atoms with Crippen molar-refractivity contribution in [1.82, 2.24) is 0 Å². The van der Waals surface area contributed by atoms with Crippen molar-refractivity contribution in [1.29, 1.82) is 0 Å². The summed E-state index contributed by atoms with van der Waals surface area (Å²) in [5.74, 6) is -0.819. The second-order valence-electron chi connectivity index (χ2n) is 16.1. The molecule has 0 saturated heterocycles. The molecule has 0 bridgehead atoms. The highest BCUT2D eigenvalue weighted by atomic mass is 31.2. The van der Waals surface area contributed by atoms with Gasteiger partial charge in [-0.25, -0.2) is 4.57 Å². The summed E-state index contributed by atoms with van der Waals surface area (Å²) in [5, 5.41) is 0. The number of quaternary nitrogens is 1. The molecule has 0 aliphatic heterocycles. The number of hydrogen-bond donors (Lipinski definition) is 1. The molecular formula is C45H85NO8P+. The van der Waals surface area contributed by atoms with E-state index in [2.05, 4.69) is 50.3 Å². The molecule has 0 aliphatic rings. The van der Waals surface area contributed by atoms with Crippen molar-refractivity contribution in [3.05, 3.63) is 36.5 Å². The van der Waals surface area contributed by atoms with Gasteiger partial charge in [-0.15, -0.1) is 0 Å². The van der Waals surface area contributed by atoms with Crippen molar-refractivity contribution >= 4 is 19.8 Å². The van der Waals surface area contributed by atoms with Crippen molar-refractivity contribution in [2.24, 2.45) is 0 Å². The van der Waals surface area contributed by atoms with Crippen LogP contribution in [0.5, 0.6) is 0 Å². The number of unbranched alkanes of at least 4 members (excludes halogenated alkanes) is 20. The van der Waals surface area contributed by atoms with E-state index in [1.54, 1.807) is 0 Å². The summed E-state index contributed by atoms with van der Waals surface area (Å²) in [5.41, 5.74) is 0. The average Bonchev–Trinajstić information content (AvgIpc) is 3.13. The largest absolute Gasteiger partial charge is 0.472 e. The Bertz CT molecular complexity index is 1040. The second-order valence-corrected chi connectivity index (χ2v) is 17.5. The van der Waals surface area contributed by atoms with Crippen LogP contribution in [0.25, 0.3) is 0 Å². The van der Waals surface area contributed by atoms with Crippen LogP contribution in [-0.2, 0) is 32.7 Å². The molecular weight excluding hydrogens is 713 g/mol. The van der Waals surface area contributed by atoms with E-state index in [0.717, 1.165) is 70.6 Å². The van der Waals surface area contributed by atoms with Gasteiger partial charge >= 0.3 is 19.8 Å². The normalized spacial score (nSPS) is 13.9. The van der Waals surface area contributed by atoms with Gasteiger partial charge in [0.2, 0.25) is 0 Å². The van der Waals surface area contributed by atoms with Crippen LogP contribution >= 0.6 is 7.82 Å². The number of carbonyl (C=O) groups is 2. The molecule has 1 unspecified atom stereocenters. The maximum Gasteiger partial charge on any atom is 0.472 e. The molecule has 10 heteroatoms. The topological polar surface area (TPSA) is 108 Å². The minimum absolute atomic E-state index is 0.0283. The molecule has 0 fully saturated rings. The van der Waals surface area contributed by atoms with E-state index in [1.807, 2.05) is 21.1 Å². The van der Waals surface area contributed by atoms with Gasteiger partial charge in [-0.2, -0.15) is 0 Å². The Labute approximate surface area is 338 Å². The predicted octanol–water partition coefficient (Wildman–Crippen LogP) is 12.5. The fraction of sp³-hybridized carbons (Fsp3) is 0.822. The standard InChI is InChI=1S/C45H84NO8P/c1-6-8-10-12-14-16-18-20-22-23-24-26-28-30-32-34-36-38-45(48)54-43(42-53-55(49,50)52-40-39-46(3,4)5)41-51-44(47)37-35-33-31-29-27-25-21-19-17-15-13-11-9-7-2/h13,15,19-22,43H,6-12,14,16-18,23-42H2,1-5H3/p+1/b15-13-,21-19-,22-20-/t43-/m1/s1. The lowest BCUT2D eigenvalue weighted by atomic mass is 10.1. The van der Waals surface area contributed by atoms with Gasteiger partial charge in [0.1, 0.15) is 19.8 Å². The Morgan fingerprint density at radius 2 is 1.00 bits per heavy atom. The first-order chi connectivity index (χ1) is 26.5. The molecule has 0 aromatic rings. The predicted molar refractivity (Wildman–Crippen MR) is 229 cm³/mol. The zero-order valence-electron chi connectivity index (χ0n) is 36.2. The number of likely N-dealkylation sites (N-methyl/N-ethyl adjacent to an activating group) is 1. The third-order valence-electron chi connectivity index (χ3n) is 9.39. The van der Waals surface area contributed by atoms with Gasteiger partial charge in [-0.1, -0.05) is 147 Å². The van der Waals surface area contributed by atoms with Gasteiger partial charge in [0, 0.05) is 12.8 Å². The highest BCUT2D eigenvalue weighted by Gasteiger charge is 2.27. The van der Waals surface area contributed by atoms with Crippen molar-refractivity contribution in [3.8, 4) is 0 Å². The lowest BCUT2D eigenvalue weighted by Crippen LogP contribution is -2.37. The smallest absolute Gasteiger partial charge is 0.462 e. The zero-order valence-corrected chi connectivity index (χ0v) is 37.1. The van der Waals surface area contributed by atoms with Crippen LogP contribution in [0.15, 0.2) is 36.5 Å². The first kappa shape index (κ1) is 53.2. The summed E-state index contributed by atoms with van der Waals surface area (Å²) >= 11 is 0. The zero-order chi connectivity index (χ0) is 40.7. The Hall–Kier alpha value is -1.77. The highest BCUT2D eigenvalue weighted by molar-refractivity contribution is 7.47. The monoisotopic (exact) mass is 799 g/mol. The molecule has 9 nitrogen and oxygen atoms in total. The third-order valence-corrected chi connectivity index (χ3v) is 10.4. The van der Waals surface area contributed by atoms with E-state index in [4.69, 9.17) is 18.5 Å². The maximum atomic E-state index is 12.7. The van der Waals surface area contributed by atoms with E-state index in [1.165, 1.54) is 83.5 Å². The Kier molecular flexibility index (Phi) is 36.6. The molecule has 0 aromatic heterocycles. The van der Waals surface area contributed by atoms with Gasteiger partial charge in [-0.3, -0.25) is 18.6 Å². The second kappa shape index (κ2) is 37.8. The van der Waals surface area contributed by atoms with Crippen molar-refractivity contribution in [2.75, 3.05) is 47.5 Å². The number of ether oxygens (including phenoxy) is 2. The van der Waals surface area contributed by atoms with Crippen LogP contribution in [0.2, 0.25) is 0 Å². The van der Waals surface area contributed by atoms with Gasteiger partial charge < -0.3 is 18.9 Å². The molecule has 0 rings (SSSR count). The van der Waals surface area contributed by atoms with Gasteiger partial charge in [0.15, 0.2) is 6.10 Å². The Balaban J connectivity index is 4.37. The maximum absolute atomic E-state index is 12.7. The number of nitrogens with zero attached hydrogens (tertiary/aromatic N) is 1. The number of phosphoric acid groups is 1. The minimum atomic E-state index is -4.38. The summed E-state index contributed by atoms with van der Waals surface area (Å²) in [6.07, 6.45) is 41.8. The molecule has 55 heavy (non-hydrogen) atoms. The number of carbonyl (C=O) groups excluding carboxylic acids is 2. The fourth-order valence-corrected chi connectivity index (χ4v) is 6.59. The summed E-state index contributed by atoms with van der Waals surface area (Å²) in [4.78, 5) is 35.3. The Morgan fingerprint density at radius 1 is 0.564 bits per heavy atom. The van der Waals surface area contributed by atoms with Crippen LogP contribution in [-0.4, -0.2) is 74.9 Å². The Morgan fingerprint density at radius 3 is 1.51 bits per heavy atom. The number of allylic oxidation sites excluding steroid dienone is 6. The third kappa shape index (κ3) is 41.7. The molecule has 1 N–H and O–H groups in total. The molecule has 322 valence electrons. The minimum Gasteiger partial charge on any atom is -0.462 e. The summed E-state index contributed by atoms with van der Waals surface area (Å²) in [7, 11) is 1.46. The van der Waals surface area contributed by atoms with Gasteiger partial charge in [-0.05, 0) is 64.2 Å². The number of esters is 2. The molecule has 0 amide bonds. The molecule has 0 aliphatic carbocycles. The first-order valence-corrected chi connectivity index (χ1v) is 23.7. The van der Waals surface area contributed by atoms with Crippen LogP contribution in [0.3, 0.4) is 0 Å². The molecule has 0 aromatic carbocycles. The SMILES string of the molecule is CCCC/C=C\C/C=C\CCCCCCCC(=O)OC[C@H](COP(=O)(O)OCC[N+](C)(C)C)OC(=O)CCCCCCCCC/C=C\CCCCCCCC. The van der Waals surface area contributed by atoms with E-state index in [0.29, 0.717) is 17.4 Å². The number of phosphoric ester groups is 1. The van der Waals surface area contributed by atoms with E-state index < -0.39 is 26.5 Å². The van der Waals surface area contributed by atoms with Crippen LogP contribution < -0.4 is 0 Å². The molecule has 0 saturated carbocycles. The molecule has 0 radical (unpaired) electrons.